The smallest absolute Gasteiger partial charge is 0.288 e. The molecule has 1 heterocycles. The number of aromatic nitrogens is 1. The van der Waals surface area contributed by atoms with E-state index in [1.54, 1.807) is 19.1 Å². The van der Waals surface area contributed by atoms with Crippen molar-refractivity contribution in [2.24, 2.45) is 0 Å². The van der Waals surface area contributed by atoms with Gasteiger partial charge in [-0.3, -0.25) is 14.9 Å². The molecule has 0 saturated heterocycles. The topological polar surface area (TPSA) is 65.1 Å². The molecule has 1 aromatic heterocycles. The summed E-state index contributed by atoms with van der Waals surface area (Å²) < 4.78 is 1.30. The van der Waals surface area contributed by atoms with Gasteiger partial charge in [0.05, 0.1) is 11.1 Å². The standard InChI is InChI=1S/C10H12N2O3S/c1-8-6-10(13)11(4-2-3-5-16)7-9(8)12(14)15/h2-3,6-7,16H,4-5H2,1H3. The zero-order valence-corrected chi connectivity index (χ0v) is 9.68. The van der Waals surface area contributed by atoms with E-state index < -0.39 is 4.92 Å². The van der Waals surface area contributed by atoms with Gasteiger partial charge in [0.15, 0.2) is 0 Å². The molecule has 0 N–H and O–H groups in total. The van der Waals surface area contributed by atoms with Crippen molar-refractivity contribution in [3.63, 3.8) is 0 Å². The Morgan fingerprint density at radius 2 is 2.25 bits per heavy atom. The lowest BCUT2D eigenvalue weighted by Crippen LogP contribution is -2.19. The molecule has 86 valence electrons. The molecule has 0 unspecified atom stereocenters. The largest absolute Gasteiger partial charge is 0.305 e. The van der Waals surface area contributed by atoms with E-state index in [1.807, 2.05) is 0 Å². The number of nitrogens with zero attached hydrogens (tertiary/aromatic N) is 2. The summed E-state index contributed by atoms with van der Waals surface area (Å²) in [5.41, 5.74) is 0.0928. The summed E-state index contributed by atoms with van der Waals surface area (Å²) in [5, 5.41) is 10.7. The minimum Gasteiger partial charge on any atom is -0.305 e. The van der Waals surface area contributed by atoms with Crippen molar-refractivity contribution in [1.29, 1.82) is 0 Å². The summed E-state index contributed by atoms with van der Waals surface area (Å²) in [6.45, 7) is 1.87. The van der Waals surface area contributed by atoms with Crippen molar-refractivity contribution >= 4 is 18.3 Å². The zero-order valence-electron chi connectivity index (χ0n) is 8.79. The number of nitro groups is 1. The van der Waals surface area contributed by atoms with Gasteiger partial charge in [0, 0.05) is 23.9 Å². The van der Waals surface area contributed by atoms with Crippen LogP contribution in [0.1, 0.15) is 5.56 Å². The van der Waals surface area contributed by atoms with Crippen LogP contribution in [0.2, 0.25) is 0 Å². The van der Waals surface area contributed by atoms with Crippen LogP contribution in [0.5, 0.6) is 0 Å². The molecular weight excluding hydrogens is 228 g/mol. The Morgan fingerprint density at radius 1 is 1.56 bits per heavy atom. The van der Waals surface area contributed by atoms with Crippen LogP contribution in [-0.2, 0) is 6.54 Å². The number of aryl methyl sites for hydroxylation is 1. The van der Waals surface area contributed by atoms with Crippen LogP contribution in [0.15, 0.2) is 29.2 Å². The Labute approximate surface area is 98.0 Å². The summed E-state index contributed by atoms with van der Waals surface area (Å²) in [6, 6.07) is 1.27. The van der Waals surface area contributed by atoms with Gasteiger partial charge in [-0.05, 0) is 6.92 Å². The molecular formula is C10H12N2O3S. The third-order valence-corrected chi connectivity index (χ3v) is 2.29. The SMILES string of the molecule is Cc1cc(=O)n(CC=CCS)cc1[N+](=O)[O-]. The van der Waals surface area contributed by atoms with Crippen LogP contribution in [0.4, 0.5) is 5.69 Å². The molecule has 0 atom stereocenters. The maximum Gasteiger partial charge on any atom is 0.288 e. The molecule has 0 aromatic carbocycles. The number of hydrogen-bond acceptors (Lipinski definition) is 4. The first-order chi connectivity index (χ1) is 7.56. The Kier molecular flexibility index (Phi) is 4.30. The molecule has 0 aliphatic heterocycles. The average molecular weight is 240 g/mol. The van der Waals surface area contributed by atoms with E-state index in [0.717, 1.165) is 0 Å². The molecule has 0 amide bonds. The third kappa shape index (κ3) is 2.96. The molecule has 0 spiro atoms. The minimum atomic E-state index is -0.492. The number of hydrogen-bond donors (Lipinski definition) is 1. The highest BCUT2D eigenvalue weighted by atomic mass is 32.1. The molecule has 5 nitrogen and oxygen atoms in total. The van der Waals surface area contributed by atoms with Crippen LogP contribution in [0.3, 0.4) is 0 Å². The predicted octanol–water partition coefficient (Wildman–Crippen LogP) is 1.55. The summed E-state index contributed by atoms with van der Waals surface area (Å²) in [7, 11) is 0. The first-order valence-corrected chi connectivity index (χ1v) is 5.31. The van der Waals surface area contributed by atoms with Gasteiger partial charge >= 0.3 is 0 Å². The minimum absolute atomic E-state index is 0.0427. The quantitative estimate of drug-likeness (QED) is 0.376. The molecule has 16 heavy (non-hydrogen) atoms. The summed E-state index contributed by atoms with van der Waals surface area (Å²) in [4.78, 5) is 21.7. The maximum absolute atomic E-state index is 11.5. The molecule has 0 radical (unpaired) electrons. The molecule has 0 saturated carbocycles. The van der Waals surface area contributed by atoms with Crippen LogP contribution in [0, 0.1) is 17.0 Å². The van der Waals surface area contributed by atoms with Gasteiger partial charge in [-0.2, -0.15) is 12.6 Å². The normalized spacial score (nSPS) is 10.9. The highest BCUT2D eigenvalue weighted by Crippen LogP contribution is 2.13. The molecule has 0 aliphatic rings. The number of allylic oxidation sites excluding steroid dienone is 1. The molecule has 0 fully saturated rings. The fourth-order valence-corrected chi connectivity index (χ4v) is 1.40. The first-order valence-electron chi connectivity index (χ1n) is 4.67. The highest BCUT2D eigenvalue weighted by Gasteiger charge is 2.12. The van der Waals surface area contributed by atoms with Crippen molar-refractivity contribution in [3.8, 4) is 0 Å². The van der Waals surface area contributed by atoms with Crippen molar-refractivity contribution < 1.29 is 4.92 Å². The fraction of sp³-hybridized carbons (Fsp3) is 0.300. The van der Waals surface area contributed by atoms with Crippen molar-refractivity contribution in [1.82, 2.24) is 4.57 Å². The average Bonchev–Trinajstić information content (AvgIpc) is 2.21. The van der Waals surface area contributed by atoms with E-state index in [0.29, 0.717) is 17.9 Å². The maximum atomic E-state index is 11.5. The number of pyridine rings is 1. The molecule has 6 heteroatoms. The van der Waals surface area contributed by atoms with Gasteiger partial charge in [0.1, 0.15) is 0 Å². The van der Waals surface area contributed by atoms with Crippen LogP contribution < -0.4 is 5.56 Å². The Morgan fingerprint density at radius 3 is 2.81 bits per heavy atom. The lowest BCUT2D eigenvalue weighted by atomic mass is 10.2. The monoisotopic (exact) mass is 240 g/mol. The van der Waals surface area contributed by atoms with E-state index in [9.17, 15) is 14.9 Å². The number of rotatable bonds is 4. The Hall–Kier alpha value is -1.56. The lowest BCUT2D eigenvalue weighted by Gasteiger charge is -2.03. The van der Waals surface area contributed by atoms with Gasteiger partial charge in [0.25, 0.3) is 11.2 Å². The summed E-state index contributed by atoms with van der Waals surface area (Å²) in [5.74, 6) is 0.572. The second-order valence-electron chi connectivity index (χ2n) is 3.24. The summed E-state index contributed by atoms with van der Waals surface area (Å²) in [6.07, 6.45) is 4.79. The van der Waals surface area contributed by atoms with Gasteiger partial charge in [0.2, 0.25) is 0 Å². The second kappa shape index (κ2) is 5.50. The third-order valence-electron chi connectivity index (χ3n) is 2.08. The Bertz CT molecular complexity index is 479. The van der Waals surface area contributed by atoms with Gasteiger partial charge < -0.3 is 4.57 Å². The summed E-state index contributed by atoms with van der Waals surface area (Å²) >= 11 is 3.98. The molecule has 1 aromatic rings. The number of thiol groups is 1. The van der Waals surface area contributed by atoms with Crippen molar-refractivity contribution in [3.05, 3.63) is 50.4 Å². The lowest BCUT2D eigenvalue weighted by molar-refractivity contribution is -0.385. The van der Waals surface area contributed by atoms with Crippen molar-refractivity contribution in [2.75, 3.05) is 5.75 Å². The van der Waals surface area contributed by atoms with Crippen LogP contribution >= 0.6 is 12.6 Å². The van der Waals surface area contributed by atoms with E-state index in [4.69, 9.17) is 0 Å². The van der Waals surface area contributed by atoms with Crippen LogP contribution in [-0.4, -0.2) is 15.2 Å². The first kappa shape index (κ1) is 12.5. The van der Waals surface area contributed by atoms with E-state index >= 15 is 0 Å². The van der Waals surface area contributed by atoms with Crippen LogP contribution in [0.25, 0.3) is 0 Å². The van der Waals surface area contributed by atoms with Gasteiger partial charge in [-0.25, -0.2) is 0 Å². The van der Waals surface area contributed by atoms with E-state index in [-0.39, 0.29) is 11.2 Å². The molecule has 0 bridgehead atoms. The van der Waals surface area contributed by atoms with Gasteiger partial charge in [-0.15, -0.1) is 0 Å². The second-order valence-corrected chi connectivity index (χ2v) is 3.61. The van der Waals surface area contributed by atoms with E-state index in [2.05, 4.69) is 12.6 Å². The van der Waals surface area contributed by atoms with Crippen molar-refractivity contribution in [2.45, 2.75) is 13.5 Å². The molecule has 0 aliphatic carbocycles. The Balaban J connectivity index is 3.10. The fourth-order valence-electron chi connectivity index (χ4n) is 1.25. The van der Waals surface area contributed by atoms with E-state index in [1.165, 1.54) is 16.8 Å². The zero-order chi connectivity index (χ0) is 12.1. The van der Waals surface area contributed by atoms with Gasteiger partial charge in [-0.1, -0.05) is 12.2 Å². The predicted molar refractivity (Wildman–Crippen MR) is 65.1 cm³/mol. The molecule has 1 rings (SSSR count). The highest BCUT2D eigenvalue weighted by molar-refractivity contribution is 7.80.